The first-order valence-electron chi connectivity index (χ1n) is 6.42. The molecule has 1 heterocycles. The summed E-state index contributed by atoms with van der Waals surface area (Å²) in [6.45, 7) is 7.54. The third-order valence-corrected chi connectivity index (χ3v) is 3.41. The SMILES string of the molecule is COc1c(C)ccc(NC(=O)c2c(C)n[nH]c2C)c1C. The molecule has 2 aromatic rings. The van der Waals surface area contributed by atoms with Gasteiger partial charge in [0.25, 0.3) is 5.91 Å². The number of benzene rings is 1. The van der Waals surface area contributed by atoms with E-state index in [9.17, 15) is 4.79 Å². The Labute approximate surface area is 118 Å². The molecule has 5 nitrogen and oxygen atoms in total. The summed E-state index contributed by atoms with van der Waals surface area (Å²) in [5, 5.41) is 9.77. The van der Waals surface area contributed by atoms with Crippen molar-refractivity contribution in [1.82, 2.24) is 10.2 Å². The van der Waals surface area contributed by atoms with Crippen molar-refractivity contribution < 1.29 is 9.53 Å². The van der Waals surface area contributed by atoms with Crippen molar-refractivity contribution in [3.8, 4) is 5.75 Å². The first-order chi connectivity index (χ1) is 9.45. The number of carbonyl (C=O) groups excluding carboxylic acids is 1. The van der Waals surface area contributed by atoms with E-state index in [1.165, 1.54) is 0 Å². The van der Waals surface area contributed by atoms with Crippen LogP contribution >= 0.6 is 0 Å². The van der Waals surface area contributed by atoms with Gasteiger partial charge in [-0.15, -0.1) is 0 Å². The number of hydrogen-bond donors (Lipinski definition) is 2. The first-order valence-corrected chi connectivity index (χ1v) is 6.42. The maximum Gasteiger partial charge on any atom is 0.259 e. The lowest BCUT2D eigenvalue weighted by molar-refractivity contribution is 0.102. The predicted molar refractivity (Wildman–Crippen MR) is 78.5 cm³/mol. The molecule has 2 N–H and O–H groups in total. The van der Waals surface area contributed by atoms with Gasteiger partial charge in [-0.25, -0.2) is 0 Å². The van der Waals surface area contributed by atoms with Gasteiger partial charge in [-0.1, -0.05) is 6.07 Å². The standard InChI is InChI=1S/C15H19N3O2/c1-8-6-7-12(9(2)14(8)20-5)16-15(19)13-10(3)17-18-11(13)4/h6-7H,1-5H3,(H,16,19)(H,17,18). The number of aryl methyl sites for hydroxylation is 3. The third kappa shape index (κ3) is 2.39. The lowest BCUT2D eigenvalue weighted by atomic mass is 10.1. The van der Waals surface area contributed by atoms with Gasteiger partial charge in [0.15, 0.2) is 0 Å². The first kappa shape index (κ1) is 14.1. The molecule has 0 saturated heterocycles. The molecule has 1 amide bonds. The number of ether oxygens (including phenoxy) is 1. The van der Waals surface area contributed by atoms with E-state index in [0.29, 0.717) is 11.3 Å². The van der Waals surface area contributed by atoms with E-state index in [1.54, 1.807) is 14.0 Å². The van der Waals surface area contributed by atoms with Crippen LogP contribution in [0, 0.1) is 27.7 Å². The molecule has 0 aliphatic carbocycles. The maximum atomic E-state index is 12.3. The quantitative estimate of drug-likeness (QED) is 0.903. The fourth-order valence-corrected chi connectivity index (χ4v) is 2.35. The molecular weight excluding hydrogens is 254 g/mol. The molecule has 5 heteroatoms. The summed E-state index contributed by atoms with van der Waals surface area (Å²) in [5.74, 6) is 0.631. The average molecular weight is 273 g/mol. The van der Waals surface area contributed by atoms with Crippen LogP contribution in [0.4, 0.5) is 5.69 Å². The van der Waals surface area contributed by atoms with Crippen molar-refractivity contribution in [2.45, 2.75) is 27.7 Å². The Kier molecular flexibility index (Phi) is 3.79. The van der Waals surface area contributed by atoms with Crippen molar-refractivity contribution in [1.29, 1.82) is 0 Å². The summed E-state index contributed by atoms with van der Waals surface area (Å²) in [5.41, 5.74) is 4.74. The van der Waals surface area contributed by atoms with Gasteiger partial charge in [-0.05, 0) is 39.3 Å². The fraction of sp³-hybridized carbons (Fsp3) is 0.333. The second-order valence-corrected chi connectivity index (χ2v) is 4.85. The van der Waals surface area contributed by atoms with Crippen LogP contribution in [0.3, 0.4) is 0 Å². The average Bonchev–Trinajstić information content (AvgIpc) is 2.73. The van der Waals surface area contributed by atoms with E-state index in [0.717, 1.165) is 28.3 Å². The summed E-state index contributed by atoms with van der Waals surface area (Å²) in [6.07, 6.45) is 0. The molecule has 1 aromatic heterocycles. The topological polar surface area (TPSA) is 67.0 Å². The van der Waals surface area contributed by atoms with Gasteiger partial charge < -0.3 is 10.1 Å². The largest absolute Gasteiger partial charge is 0.496 e. The van der Waals surface area contributed by atoms with Crippen LogP contribution in [0.15, 0.2) is 12.1 Å². The van der Waals surface area contributed by atoms with Gasteiger partial charge in [-0.2, -0.15) is 5.10 Å². The Morgan fingerprint density at radius 1 is 1.25 bits per heavy atom. The molecule has 0 spiro atoms. The van der Waals surface area contributed by atoms with Crippen LogP contribution in [0.2, 0.25) is 0 Å². The lowest BCUT2D eigenvalue weighted by Crippen LogP contribution is -2.15. The van der Waals surface area contributed by atoms with Crippen molar-refractivity contribution in [2.75, 3.05) is 12.4 Å². The number of H-pyrrole nitrogens is 1. The highest BCUT2D eigenvalue weighted by atomic mass is 16.5. The molecule has 20 heavy (non-hydrogen) atoms. The smallest absolute Gasteiger partial charge is 0.259 e. The van der Waals surface area contributed by atoms with E-state index in [2.05, 4.69) is 15.5 Å². The number of carbonyl (C=O) groups is 1. The monoisotopic (exact) mass is 273 g/mol. The van der Waals surface area contributed by atoms with Gasteiger partial charge in [0.05, 0.1) is 18.4 Å². The molecule has 0 aliphatic rings. The second-order valence-electron chi connectivity index (χ2n) is 4.85. The molecule has 2 rings (SSSR count). The second kappa shape index (κ2) is 5.36. The van der Waals surface area contributed by atoms with Crippen LogP contribution in [0.1, 0.15) is 32.9 Å². The van der Waals surface area contributed by atoms with Gasteiger partial charge in [0.1, 0.15) is 5.75 Å². The van der Waals surface area contributed by atoms with E-state index in [-0.39, 0.29) is 5.91 Å². The number of aromatic nitrogens is 2. The highest BCUT2D eigenvalue weighted by molar-refractivity contribution is 6.06. The Bertz CT molecular complexity index is 640. The van der Waals surface area contributed by atoms with Crippen molar-refractivity contribution in [3.63, 3.8) is 0 Å². The van der Waals surface area contributed by atoms with Gasteiger partial charge in [-0.3, -0.25) is 9.89 Å². The summed E-state index contributed by atoms with van der Waals surface area (Å²) in [7, 11) is 1.63. The van der Waals surface area contributed by atoms with E-state index in [1.807, 2.05) is 32.9 Å². The molecule has 1 aromatic carbocycles. The van der Waals surface area contributed by atoms with Crippen LogP contribution in [0.25, 0.3) is 0 Å². The van der Waals surface area contributed by atoms with E-state index in [4.69, 9.17) is 4.74 Å². The van der Waals surface area contributed by atoms with Gasteiger partial charge >= 0.3 is 0 Å². The van der Waals surface area contributed by atoms with Gasteiger partial charge in [0.2, 0.25) is 0 Å². The molecular formula is C15H19N3O2. The molecule has 0 aliphatic heterocycles. The highest BCUT2D eigenvalue weighted by Gasteiger charge is 2.17. The van der Waals surface area contributed by atoms with Crippen LogP contribution in [0.5, 0.6) is 5.75 Å². The lowest BCUT2D eigenvalue weighted by Gasteiger charge is -2.14. The molecule has 0 bridgehead atoms. The summed E-state index contributed by atoms with van der Waals surface area (Å²) >= 11 is 0. The highest BCUT2D eigenvalue weighted by Crippen LogP contribution is 2.29. The fourth-order valence-electron chi connectivity index (χ4n) is 2.35. The number of hydrogen-bond acceptors (Lipinski definition) is 3. The summed E-state index contributed by atoms with van der Waals surface area (Å²) in [6, 6.07) is 3.81. The van der Waals surface area contributed by atoms with Crippen molar-refractivity contribution in [3.05, 3.63) is 40.2 Å². The molecule has 106 valence electrons. The van der Waals surface area contributed by atoms with Crippen LogP contribution < -0.4 is 10.1 Å². The maximum absolute atomic E-state index is 12.3. The Balaban J connectivity index is 2.34. The zero-order chi connectivity index (χ0) is 14.9. The molecule has 0 fully saturated rings. The predicted octanol–water partition coefficient (Wildman–Crippen LogP) is 2.90. The molecule has 0 unspecified atom stereocenters. The van der Waals surface area contributed by atoms with E-state index < -0.39 is 0 Å². The minimum Gasteiger partial charge on any atom is -0.496 e. The number of amides is 1. The molecule has 0 atom stereocenters. The number of nitrogens with zero attached hydrogens (tertiary/aromatic N) is 1. The number of rotatable bonds is 3. The summed E-state index contributed by atoms with van der Waals surface area (Å²) < 4.78 is 5.37. The minimum atomic E-state index is -0.164. The van der Waals surface area contributed by atoms with Crippen molar-refractivity contribution in [2.24, 2.45) is 0 Å². The Morgan fingerprint density at radius 3 is 2.50 bits per heavy atom. The van der Waals surface area contributed by atoms with Crippen molar-refractivity contribution >= 4 is 11.6 Å². The number of methoxy groups -OCH3 is 1. The Morgan fingerprint density at radius 2 is 1.95 bits per heavy atom. The summed E-state index contributed by atoms with van der Waals surface area (Å²) in [4.78, 5) is 12.3. The third-order valence-electron chi connectivity index (χ3n) is 3.41. The normalized spacial score (nSPS) is 10.4. The minimum absolute atomic E-state index is 0.164. The zero-order valence-electron chi connectivity index (χ0n) is 12.4. The van der Waals surface area contributed by atoms with Crippen LogP contribution in [-0.2, 0) is 0 Å². The van der Waals surface area contributed by atoms with Crippen LogP contribution in [-0.4, -0.2) is 23.2 Å². The molecule has 0 saturated carbocycles. The zero-order valence-corrected chi connectivity index (χ0v) is 12.4. The van der Waals surface area contributed by atoms with Gasteiger partial charge in [0, 0.05) is 16.9 Å². The molecule has 0 radical (unpaired) electrons. The number of aromatic amines is 1. The number of anilines is 1. The Hall–Kier alpha value is -2.30. The van der Waals surface area contributed by atoms with E-state index >= 15 is 0 Å². The number of nitrogens with one attached hydrogen (secondary N) is 2.